The molecule has 13 heavy (non-hydrogen) atoms. The fraction of sp³-hybridized carbons (Fsp3) is 0.875. The highest BCUT2D eigenvalue weighted by Crippen LogP contribution is 2.11. The zero-order valence-electron chi connectivity index (χ0n) is 7.92. The van der Waals surface area contributed by atoms with Crippen LogP contribution in [0.2, 0.25) is 0 Å². The molecule has 1 heterocycles. The van der Waals surface area contributed by atoms with Crippen LogP contribution in [0.25, 0.3) is 0 Å². The molecule has 1 N–H and O–H groups in total. The Morgan fingerprint density at radius 2 is 2.31 bits per heavy atom. The molecule has 1 aliphatic rings. The van der Waals surface area contributed by atoms with Crippen molar-refractivity contribution in [1.82, 2.24) is 10.2 Å². The van der Waals surface area contributed by atoms with Gasteiger partial charge in [0.05, 0.1) is 6.04 Å². The number of hydrogen-bond donors (Lipinski definition) is 1. The lowest BCUT2D eigenvalue weighted by atomic mass is 10.2. The number of carbonyl (C=O) groups is 1. The van der Waals surface area contributed by atoms with Crippen LogP contribution >= 0.6 is 12.4 Å². The Kier molecular flexibility index (Phi) is 5.25. The Hall–Kier alpha value is -0.350. The van der Waals surface area contributed by atoms with Crippen molar-refractivity contribution < 1.29 is 9.18 Å². The highest BCUT2D eigenvalue weighted by molar-refractivity contribution is 5.85. The molecule has 0 unspecified atom stereocenters. The van der Waals surface area contributed by atoms with E-state index in [0.717, 1.165) is 0 Å². The SMILES string of the molecule is CCN(C)C(=O)[C@@H]1C[C@@H](F)CN1.Cl. The molecule has 0 aromatic heterocycles. The number of alkyl halides is 1. The van der Waals surface area contributed by atoms with E-state index in [1.165, 1.54) is 0 Å². The zero-order valence-corrected chi connectivity index (χ0v) is 8.73. The molecule has 0 saturated carbocycles. The average Bonchev–Trinajstić information content (AvgIpc) is 2.49. The maximum atomic E-state index is 12.7. The quantitative estimate of drug-likeness (QED) is 0.724. The van der Waals surface area contributed by atoms with Crippen molar-refractivity contribution in [2.24, 2.45) is 0 Å². The van der Waals surface area contributed by atoms with E-state index < -0.39 is 6.17 Å². The third-order valence-electron chi connectivity index (χ3n) is 2.23. The Balaban J connectivity index is 0.00000144. The minimum absolute atomic E-state index is 0. The molecule has 0 spiro atoms. The van der Waals surface area contributed by atoms with Crippen molar-refractivity contribution in [2.75, 3.05) is 20.1 Å². The van der Waals surface area contributed by atoms with Gasteiger partial charge in [-0.2, -0.15) is 0 Å². The van der Waals surface area contributed by atoms with Crippen molar-refractivity contribution in [3.05, 3.63) is 0 Å². The summed E-state index contributed by atoms with van der Waals surface area (Å²) >= 11 is 0. The number of rotatable bonds is 2. The van der Waals surface area contributed by atoms with Crippen LogP contribution in [-0.4, -0.2) is 43.2 Å². The van der Waals surface area contributed by atoms with Gasteiger partial charge in [-0.15, -0.1) is 12.4 Å². The van der Waals surface area contributed by atoms with Gasteiger partial charge in [0.1, 0.15) is 6.17 Å². The van der Waals surface area contributed by atoms with Crippen LogP contribution in [0, 0.1) is 0 Å². The fourth-order valence-electron chi connectivity index (χ4n) is 1.30. The molecule has 0 bridgehead atoms. The van der Waals surface area contributed by atoms with E-state index in [9.17, 15) is 9.18 Å². The summed E-state index contributed by atoms with van der Waals surface area (Å²) in [6.07, 6.45) is -0.535. The second-order valence-corrected chi connectivity index (χ2v) is 3.15. The molecule has 0 radical (unpaired) electrons. The second-order valence-electron chi connectivity index (χ2n) is 3.15. The van der Waals surface area contributed by atoms with Gasteiger partial charge >= 0.3 is 0 Å². The molecule has 1 aliphatic heterocycles. The largest absolute Gasteiger partial charge is 0.345 e. The number of carbonyl (C=O) groups excluding carboxylic acids is 1. The van der Waals surface area contributed by atoms with Gasteiger partial charge in [0.2, 0.25) is 5.91 Å². The van der Waals surface area contributed by atoms with Gasteiger partial charge in [0.25, 0.3) is 0 Å². The van der Waals surface area contributed by atoms with Gasteiger partial charge in [-0.3, -0.25) is 4.79 Å². The van der Waals surface area contributed by atoms with Crippen molar-refractivity contribution in [3.8, 4) is 0 Å². The van der Waals surface area contributed by atoms with Gasteiger partial charge in [-0.1, -0.05) is 0 Å². The second kappa shape index (κ2) is 5.40. The van der Waals surface area contributed by atoms with Gasteiger partial charge < -0.3 is 10.2 Å². The van der Waals surface area contributed by atoms with Crippen LogP contribution in [0.5, 0.6) is 0 Å². The summed E-state index contributed by atoms with van der Waals surface area (Å²) in [4.78, 5) is 13.0. The minimum Gasteiger partial charge on any atom is -0.345 e. The van der Waals surface area contributed by atoms with Crippen molar-refractivity contribution in [3.63, 3.8) is 0 Å². The topological polar surface area (TPSA) is 32.3 Å². The van der Waals surface area contributed by atoms with Gasteiger partial charge in [0.15, 0.2) is 0 Å². The van der Waals surface area contributed by atoms with E-state index >= 15 is 0 Å². The van der Waals surface area contributed by atoms with Gasteiger partial charge in [0, 0.05) is 26.6 Å². The zero-order chi connectivity index (χ0) is 9.14. The Labute approximate surface area is 84.1 Å². The minimum atomic E-state index is -0.857. The standard InChI is InChI=1S/C8H15FN2O.ClH/c1-3-11(2)8(12)7-4-6(9)5-10-7;/h6-7,10H,3-5H2,1-2H3;1H/t6-,7+;/m1./s1. The molecule has 3 nitrogen and oxygen atoms in total. The smallest absolute Gasteiger partial charge is 0.239 e. The molecule has 2 atom stereocenters. The monoisotopic (exact) mass is 210 g/mol. The first-order valence-corrected chi connectivity index (χ1v) is 4.27. The van der Waals surface area contributed by atoms with Crippen LogP contribution in [-0.2, 0) is 4.79 Å². The van der Waals surface area contributed by atoms with E-state index in [0.29, 0.717) is 19.5 Å². The number of nitrogens with one attached hydrogen (secondary N) is 1. The lowest BCUT2D eigenvalue weighted by molar-refractivity contribution is -0.131. The summed E-state index contributed by atoms with van der Waals surface area (Å²) in [6, 6.07) is -0.301. The lowest BCUT2D eigenvalue weighted by Gasteiger charge is -2.18. The molecule has 0 aliphatic carbocycles. The number of amides is 1. The van der Waals surface area contributed by atoms with Crippen molar-refractivity contribution >= 4 is 18.3 Å². The molecule has 0 aromatic carbocycles. The van der Waals surface area contributed by atoms with E-state index in [-0.39, 0.29) is 24.4 Å². The van der Waals surface area contributed by atoms with Crippen LogP contribution < -0.4 is 5.32 Å². The highest BCUT2D eigenvalue weighted by Gasteiger charge is 2.30. The Morgan fingerprint density at radius 3 is 2.69 bits per heavy atom. The summed E-state index contributed by atoms with van der Waals surface area (Å²) in [5, 5.41) is 2.86. The molecule has 0 aromatic rings. The molecule has 78 valence electrons. The average molecular weight is 211 g/mol. The van der Waals surface area contributed by atoms with Gasteiger partial charge in [-0.25, -0.2) is 4.39 Å². The Bertz CT molecular complexity index is 180. The summed E-state index contributed by atoms with van der Waals surface area (Å²) in [5.74, 6) is -0.00218. The van der Waals surface area contributed by atoms with Crippen LogP contribution in [0.15, 0.2) is 0 Å². The number of likely N-dealkylation sites (N-methyl/N-ethyl adjacent to an activating group) is 1. The summed E-state index contributed by atoms with van der Waals surface area (Å²) in [7, 11) is 1.73. The molecule has 5 heteroatoms. The van der Waals surface area contributed by atoms with Crippen molar-refractivity contribution in [2.45, 2.75) is 25.6 Å². The fourth-order valence-corrected chi connectivity index (χ4v) is 1.30. The third-order valence-corrected chi connectivity index (χ3v) is 2.23. The van der Waals surface area contributed by atoms with Crippen LogP contribution in [0.4, 0.5) is 4.39 Å². The summed E-state index contributed by atoms with van der Waals surface area (Å²) in [5.41, 5.74) is 0. The first-order chi connectivity index (χ1) is 5.65. The van der Waals surface area contributed by atoms with E-state index in [1.807, 2.05) is 6.92 Å². The van der Waals surface area contributed by atoms with Crippen molar-refractivity contribution in [1.29, 1.82) is 0 Å². The first kappa shape index (κ1) is 12.7. The third kappa shape index (κ3) is 3.12. The molecule has 1 amide bonds. The van der Waals surface area contributed by atoms with Gasteiger partial charge in [-0.05, 0) is 6.92 Å². The normalized spacial score (nSPS) is 26.7. The molecular formula is C8H16ClFN2O. The highest BCUT2D eigenvalue weighted by atomic mass is 35.5. The summed E-state index contributed by atoms with van der Waals surface area (Å²) in [6.45, 7) is 2.89. The maximum Gasteiger partial charge on any atom is 0.239 e. The summed E-state index contributed by atoms with van der Waals surface area (Å²) < 4.78 is 12.7. The predicted molar refractivity (Wildman–Crippen MR) is 51.9 cm³/mol. The number of hydrogen-bond acceptors (Lipinski definition) is 2. The molecule has 1 saturated heterocycles. The molecule has 1 fully saturated rings. The molecular weight excluding hydrogens is 195 g/mol. The van der Waals surface area contributed by atoms with E-state index in [4.69, 9.17) is 0 Å². The Morgan fingerprint density at radius 1 is 1.69 bits per heavy atom. The first-order valence-electron chi connectivity index (χ1n) is 4.27. The van der Waals surface area contributed by atoms with E-state index in [2.05, 4.69) is 5.32 Å². The maximum absolute atomic E-state index is 12.7. The lowest BCUT2D eigenvalue weighted by Crippen LogP contribution is -2.41. The van der Waals surface area contributed by atoms with E-state index in [1.54, 1.807) is 11.9 Å². The van der Waals surface area contributed by atoms with Crippen LogP contribution in [0.1, 0.15) is 13.3 Å². The molecule has 1 rings (SSSR count). The van der Waals surface area contributed by atoms with Crippen LogP contribution in [0.3, 0.4) is 0 Å². The number of halogens is 2. The predicted octanol–water partition coefficient (Wildman–Crippen LogP) is 0.586. The number of nitrogens with zero attached hydrogens (tertiary/aromatic N) is 1.